The van der Waals surface area contributed by atoms with E-state index in [4.69, 9.17) is 18.5 Å². The number of carbonyl (C=O) groups excluding carboxylic acids is 2. The van der Waals surface area contributed by atoms with Crippen molar-refractivity contribution in [3.05, 3.63) is 60.8 Å². The van der Waals surface area contributed by atoms with E-state index in [2.05, 4.69) is 74.6 Å². The zero-order chi connectivity index (χ0) is 49.0. The molecule has 0 aromatic rings. The first-order valence-electron chi connectivity index (χ1n) is 27.2. The molecule has 0 saturated carbocycles. The summed E-state index contributed by atoms with van der Waals surface area (Å²) < 4.78 is 32.8. The van der Waals surface area contributed by atoms with Gasteiger partial charge in [-0.25, -0.2) is 4.57 Å². The Morgan fingerprint density at radius 2 is 0.701 bits per heavy atom. The number of esters is 2. The lowest BCUT2D eigenvalue weighted by molar-refractivity contribution is -0.153. The molecule has 0 saturated heterocycles. The van der Waals surface area contributed by atoms with Gasteiger partial charge >= 0.3 is 19.8 Å². The van der Waals surface area contributed by atoms with Gasteiger partial charge in [0.05, 0.1) is 26.4 Å². The summed E-state index contributed by atoms with van der Waals surface area (Å²) in [7, 11) is -4.65. The molecule has 0 aromatic heterocycles. The number of carbonyl (C=O) groups is 2. The van der Waals surface area contributed by atoms with Crippen molar-refractivity contribution in [3.63, 3.8) is 0 Å². The number of hydrogen-bond donors (Lipinski definition) is 3. The number of aliphatic hydroxyl groups is 2. The van der Waals surface area contributed by atoms with E-state index in [1.165, 1.54) is 135 Å². The van der Waals surface area contributed by atoms with Crippen LogP contribution in [0.15, 0.2) is 60.8 Å². The van der Waals surface area contributed by atoms with Crippen LogP contribution in [0.3, 0.4) is 0 Å². The van der Waals surface area contributed by atoms with Crippen molar-refractivity contribution < 1.29 is 47.8 Å². The highest BCUT2D eigenvalue weighted by atomic mass is 31.2. The van der Waals surface area contributed by atoms with E-state index in [0.29, 0.717) is 12.8 Å². The van der Waals surface area contributed by atoms with Crippen LogP contribution in [0.25, 0.3) is 0 Å². The number of phosphoric ester groups is 1. The van der Waals surface area contributed by atoms with E-state index in [0.717, 1.165) is 70.6 Å². The lowest BCUT2D eigenvalue weighted by Gasteiger charge is -2.20. The fourth-order valence-electron chi connectivity index (χ4n) is 7.57. The van der Waals surface area contributed by atoms with Gasteiger partial charge in [0, 0.05) is 12.8 Å². The number of hydrogen-bond acceptors (Lipinski definition) is 9. The molecule has 0 aromatic carbocycles. The maximum absolute atomic E-state index is 12.4. The summed E-state index contributed by atoms with van der Waals surface area (Å²) in [5.74, 6) is -1.02. The molecule has 0 rings (SSSR count). The Morgan fingerprint density at radius 1 is 0.418 bits per heavy atom. The van der Waals surface area contributed by atoms with E-state index < -0.39 is 58.4 Å². The van der Waals surface area contributed by atoms with Crippen molar-refractivity contribution in [2.75, 3.05) is 26.4 Å². The van der Waals surface area contributed by atoms with Gasteiger partial charge < -0.3 is 24.6 Å². The van der Waals surface area contributed by atoms with E-state index >= 15 is 0 Å². The Balaban J connectivity index is 3.82. The van der Waals surface area contributed by atoms with Crippen molar-refractivity contribution in [1.82, 2.24) is 0 Å². The Bertz CT molecular complexity index is 1290. The lowest BCUT2D eigenvalue weighted by atomic mass is 10.0. The Hall–Kier alpha value is -2.33. The molecule has 0 aliphatic rings. The monoisotopic (exact) mass is 965 g/mol. The highest BCUT2D eigenvalue weighted by Gasteiger charge is 2.27. The molecule has 0 amide bonds. The SMILES string of the molecule is CC/C=C\C/C=C\C/C=C\C/C=C\CCCCCCCCCCC(=O)OC(CO)COP(=O)(O)OCC(CO)OC(=O)CCCCCCCCCCCCC/C=C\CCCCCCCCCC. The topological polar surface area (TPSA) is 149 Å². The molecule has 390 valence electrons. The molecule has 3 atom stereocenters. The maximum atomic E-state index is 12.4. The molecule has 0 aliphatic carbocycles. The Kier molecular flexibility index (Phi) is 49.7. The summed E-state index contributed by atoms with van der Waals surface area (Å²) in [4.78, 5) is 34.8. The van der Waals surface area contributed by atoms with Gasteiger partial charge in [0.1, 0.15) is 12.2 Å². The third-order valence-electron chi connectivity index (χ3n) is 11.7. The number of rotatable bonds is 51. The van der Waals surface area contributed by atoms with Gasteiger partial charge in [-0.1, -0.05) is 216 Å². The molecule has 0 radical (unpaired) electrons. The minimum atomic E-state index is -4.65. The number of aliphatic hydroxyl groups excluding tert-OH is 2. The number of ether oxygens (including phenoxy) is 2. The van der Waals surface area contributed by atoms with Gasteiger partial charge in [0.25, 0.3) is 0 Å². The van der Waals surface area contributed by atoms with Gasteiger partial charge in [0.15, 0.2) is 0 Å². The summed E-state index contributed by atoms with van der Waals surface area (Å²) in [5.41, 5.74) is 0. The second-order valence-corrected chi connectivity index (χ2v) is 19.6. The first kappa shape index (κ1) is 64.7. The molecule has 0 heterocycles. The third-order valence-corrected chi connectivity index (χ3v) is 12.7. The van der Waals surface area contributed by atoms with E-state index in [1.807, 2.05) is 0 Å². The molecule has 0 spiro atoms. The zero-order valence-electron chi connectivity index (χ0n) is 42.9. The first-order valence-corrected chi connectivity index (χ1v) is 28.7. The molecule has 11 heteroatoms. The number of allylic oxidation sites excluding steroid dienone is 10. The molecule has 3 N–H and O–H groups in total. The van der Waals surface area contributed by atoms with Crippen LogP contribution in [0.4, 0.5) is 0 Å². The summed E-state index contributed by atoms with van der Waals surface area (Å²) in [6, 6.07) is 0. The molecular weight excluding hydrogens is 864 g/mol. The van der Waals surface area contributed by atoms with Crippen LogP contribution in [0.1, 0.15) is 245 Å². The summed E-state index contributed by atoms with van der Waals surface area (Å²) in [6.07, 6.45) is 60.5. The molecule has 0 fully saturated rings. The standard InChI is InChI=1S/C56H101O10P/c1-3-5-7-9-11-13-15-17-19-21-23-25-26-28-30-32-34-36-38-40-42-44-46-48-56(60)66-54(50-58)52-64-67(61,62)63-51-53(49-57)65-55(59)47-45-43-41-39-37-35-33-31-29-27-24-22-20-18-16-14-12-10-8-6-4-2/h6,8,12,14,18,20-21,23-24,27,53-54,57-58H,3-5,7,9-11,13,15-17,19,22,25-26,28-52H2,1-2H3,(H,61,62)/b8-6-,14-12-,20-18-,23-21-,27-24-. The van der Waals surface area contributed by atoms with Crippen molar-refractivity contribution in [2.45, 2.75) is 257 Å². The fourth-order valence-corrected chi connectivity index (χ4v) is 8.36. The molecular formula is C56H101O10P. The van der Waals surface area contributed by atoms with Gasteiger partial charge in [-0.05, 0) is 77.0 Å². The van der Waals surface area contributed by atoms with Gasteiger partial charge in [-0.15, -0.1) is 0 Å². The van der Waals surface area contributed by atoms with Crippen LogP contribution in [0.2, 0.25) is 0 Å². The number of phosphoric acid groups is 1. The van der Waals surface area contributed by atoms with Gasteiger partial charge in [0.2, 0.25) is 0 Å². The third kappa shape index (κ3) is 49.9. The molecule has 0 aliphatic heterocycles. The van der Waals surface area contributed by atoms with E-state index in [9.17, 15) is 29.3 Å². The average Bonchev–Trinajstić information content (AvgIpc) is 3.32. The minimum absolute atomic E-state index is 0.181. The van der Waals surface area contributed by atoms with Crippen LogP contribution in [0, 0.1) is 0 Å². The second kappa shape index (κ2) is 51.5. The predicted molar refractivity (Wildman–Crippen MR) is 279 cm³/mol. The average molecular weight is 965 g/mol. The van der Waals surface area contributed by atoms with E-state index in [1.54, 1.807) is 0 Å². The highest BCUT2D eigenvalue weighted by Crippen LogP contribution is 2.43. The zero-order valence-corrected chi connectivity index (χ0v) is 43.8. The summed E-state index contributed by atoms with van der Waals surface area (Å²) >= 11 is 0. The summed E-state index contributed by atoms with van der Waals surface area (Å²) in [5, 5.41) is 19.3. The van der Waals surface area contributed by atoms with E-state index in [-0.39, 0.29) is 12.8 Å². The van der Waals surface area contributed by atoms with Crippen LogP contribution in [-0.4, -0.2) is 65.7 Å². The molecule has 67 heavy (non-hydrogen) atoms. The van der Waals surface area contributed by atoms with Crippen LogP contribution in [0.5, 0.6) is 0 Å². The van der Waals surface area contributed by atoms with Gasteiger partial charge in [-0.3, -0.25) is 18.6 Å². The van der Waals surface area contributed by atoms with Crippen molar-refractivity contribution in [3.8, 4) is 0 Å². The molecule has 0 bridgehead atoms. The first-order chi connectivity index (χ1) is 32.8. The Morgan fingerprint density at radius 3 is 1.03 bits per heavy atom. The largest absolute Gasteiger partial charge is 0.472 e. The second-order valence-electron chi connectivity index (χ2n) is 18.2. The van der Waals surface area contributed by atoms with Crippen molar-refractivity contribution in [1.29, 1.82) is 0 Å². The normalized spacial score (nSPS) is 14.0. The van der Waals surface area contributed by atoms with Crippen LogP contribution >= 0.6 is 7.82 Å². The maximum Gasteiger partial charge on any atom is 0.472 e. The fraction of sp³-hybridized carbons (Fsp3) is 0.786. The minimum Gasteiger partial charge on any atom is -0.457 e. The number of unbranched alkanes of at least 4 members (excludes halogenated alkanes) is 27. The summed E-state index contributed by atoms with van der Waals surface area (Å²) in [6.45, 7) is 2.12. The Labute approximate surface area is 410 Å². The van der Waals surface area contributed by atoms with Crippen molar-refractivity contribution in [2.24, 2.45) is 0 Å². The molecule has 10 nitrogen and oxygen atoms in total. The lowest BCUT2D eigenvalue weighted by Crippen LogP contribution is -2.28. The van der Waals surface area contributed by atoms with Gasteiger partial charge in [-0.2, -0.15) is 0 Å². The predicted octanol–water partition coefficient (Wildman–Crippen LogP) is 15.8. The van der Waals surface area contributed by atoms with Crippen molar-refractivity contribution >= 4 is 19.8 Å². The quantitative estimate of drug-likeness (QED) is 0.0233. The molecule has 3 unspecified atom stereocenters. The van der Waals surface area contributed by atoms with Crippen LogP contribution < -0.4 is 0 Å². The van der Waals surface area contributed by atoms with Crippen LogP contribution in [-0.2, 0) is 32.7 Å². The highest BCUT2D eigenvalue weighted by molar-refractivity contribution is 7.47. The smallest absolute Gasteiger partial charge is 0.457 e.